The minimum Gasteiger partial charge on any atom is -0.452 e. The van der Waals surface area contributed by atoms with Crippen LogP contribution in [0, 0.1) is 0 Å². The van der Waals surface area contributed by atoms with E-state index in [4.69, 9.17) is 10.5 Å². The fraction of sp³-hybridized carbons (Fsp3) is 0.471. The summed E-state index contributed by atoms with van der Waals surface area (Å²) in [5, 5.41) is 1.82. The molecular formula is C17H23N3O6S. The van der Waals surface area contributed by atoms with E-state index < -0.39 is 34.0 Å². The Kier molecular flexibility index (Phi) is 6.92. The van der Waals surface area contributed by atoms with E-state index in [0.29, 0.717) is 18.7 Å². The zero-order chi connectivity index (χ0) is 20.0. The lowest BCUT2D eigenvalue weighted by atomic mass is 10.1. The normalized spacial score (nSPS) is 16.3. The Morgan fingerprint density at radius 3 is 2.30 bits per heavy atom. The average Bonchev–Trinajstić information content (AvgIpc) is 2.62. The number of nitrogens with two attached hydrogens (primary N) is 1. The molecule has 0 aliphatic carbocycles. The number of imide groups is 1. The maximum Gasteiger partial charge on any atom is 0.318 e. The van der Waals surface area contributed by atoms with E-state index in [0.717, 1.165) is 19.3 Å². The van der Waals surface area contributed by atoms with E-state index in [1.165, 1.54) is 35.5 Å². The standard InChI is InChI=1S/C17H23N3O6S/c1-12(16(22)19-17(18)23)26-15(21)11-13-5-7-14(8-6-13)27(24,25)20-9-3-2-4-10-20/h5-8,12H,2-4,9-11H2,1H3,(H3,18,19,22,23)/t12-/m1/s1. The number of carbonyl (C=O) groups excluding carboxylic acids is 3. The number of hydrogen-bond acceptors (Lipinski definition) is 6. The molecular weight excluding hydrogens is 374 g/mol. The first-order valence-corrected chi connectivity index (χ1v) is 10.0. The second-order valence-corrected chi connectivity index (χ2v) is 8.21. The molecule has 2 rings (SSSR count). The smallest absolute Gasteiger partial charge is 0.318 e. The van der Waals surface area contributed by atoms with Crippen LogP contribution in [0.15, 0.2) is 29.2 Å². The van der Waals surface area contributed by atoms with E-state index >= 15 is 0 Å². The summed E-state index contributed by atoms with van der Waals surface area (Å²) in [4.78, 5) is 34.2. The minimum atomic E-state index is -3.53. The van der Waals surface area contributed by atoms with Gasteiger partial charge in [0.25, 0.3) is 5.91 Å². The summed E-state index contributed by atoms with van der Waals surface area (Å²) in [5.41, 5.74) is 5.37. The van der Waals surface area contributed by atoms with Crippen LogP contribution in [0.5, 0.6) is 0 Å². The zero-order valence-electron chi connectivity index (χ0n) is 15.0. The number of amides is 3. The highest BCUT2D eigenvalue weighted by Crippen LogP contribution is 2.21. The molecule has 27 heavy (non-hydrogen) atoms. The number of urea groups is 1. The Hall–Kier alpha value is -2.46. The number of hydrogen-bond donors (Lipinski definition) is 2. The summed E-state index contributed by atoms with van der Waals surface area (Å²) in [6.45, 7) is 2.34. The van der Waals surface area contributed by atoms with Crippen molar-refractivity contribution < 1.29 is 27.5 Å². The van der Waals surface area contributed by atoms with Crippen molar-refractivity contribution in [3.05, 3.63) is 29.8 Å². The van der Waals surface area contributed by atoms with Crippen molar-refractivity contribution in [3.8, 4) is 0 Å². The predicted octanol–water partition coefficient (Wildman–Crippen LogP) is 0.530. The number of nitrogens with zero attached hydrogens (tertiary/aromatic N) is 1. The quantitative estimate of drug-likeness (QED) is 0.672. The van der Waals surface area contributed by atoms with Gasteiger partial charge >= 0.3 is 12.0 Å². The third-order valence-corrected chi connectivity index (χ3v) is 6.06. The largest absolute Gasteiger partial charge is 0.452 e. The van der Waals surface area contributed by atoms with Gasteiger partial charge in [-0.1, -0.05) is 18.6 Å². The maximum atomic E-state index is 12.6. The predicted molar refractivity (Wildman–Crippen MR) is 96.0 cm³/mol. The molecule has 3 N–H and O–H groups in total. The summed E-state index contributed by atoms with van der Waals surface area (Å²) >= 11 is 0. The first-order valence-electron chi connectivity index (χ1n) is 8.59. The van der Waals surface area contributed by atoms with E-state index in [1.807, 2.05) is 5.32 Å². The van der Waals surface area contributed by atoms with Crippen LogP contribution in [-0.2, 0) is 30.8 Å². The molecule has 1 heterocycles. The molecule has 9 nitrogen and oxygen atoms in total. The molecule has 1 aliphatic heterocycles. The summed E-state index contributed by atoms with van der Waals surface area (Å²) < 4.78 is 31.6. The zero-order valence-corrected chi connectivity index (χ0v) is 15.8. The SMILES string of the molecule is C[C@@H](OC(=O)Cc1ccc(S(=O)(=O)N2CCCCC2)cc1)C(=O)NC(N)=O. The van der Waals surface area contributed by atoms with Crippen LogP contribution in [0.4, 0.5) is 4.79 Å². The topological polar surface area (TPSA) is 136 Å². The van der Waals surface area contributed by atoms with Gasteiger partial charge in [-0.15, -0.1) is 0 Å². The number of sulfonamides is 1. The molecule has 3 amide bonds. The van der Waals surface area contributed by atoms with Crippen molar-refractivity contribution in [3.63, 3.8) is 0 Å². The van der Waals surface area contributed by atoms with Crippen molar-refractivity contribution in [1.82, 2.24) is 9.62 Å². The number of rotatable bonds is 6. The Morgan fingerprint density at radius 1 is 1.15 bits per heavy atom. The number of piperidine rings is 1. The van der Waals surface area contributed by atoms with Crippen LogP contribution in [0.25, 0.3) is 0 Å². The Labute approximate surface area is 157 Å². The van der Waals surface area contributed by atoms with Gasteiger partial charge in [-0.3, -0.25) is 14.9 Å². The fourth-order valence-corrected chi connectivity index (χ4v) is 4.23. The molecule has 0 spiro atoms. The van der Waals surface area contributed by atoms with E-state index in [9.17, 15) is 22.8 Å². The third-order valence-electron chi connectivity index (χ3n) is 4.15. The highest BCUT2D eigenvalue weighted by atomic mass is 32.2. The van der Waals surface area contributed by atoms with Crippen molar-refractivity contribution in [2.24, 2.45) is 5.73 Å². The molecule has 0 saturated carbocycles. The lowest BCUT2D eigenvalue weighted by molar-refractivity contribution is -0.153. The Morgan fingerprint density at radius 2 is 1.74 bits per heavy atom. The molecule has 1 fully saturated rings. The van der Waals surface area contributed by atoms with Crippen molar-refractivity contribution in [2.45, 2.75) is 43.6 Å². The first-order chi connectivity index (χ1) is 12.7. The molecule has 0 bridgehead atoms. The number of nitrogens with one attached hydrogen (secondary N) is 1. The highest BCUT2D eigenvalue weighted by molar-refractivity contribution is 7.89. The van der Waals surface area contributed by atoms with Gasteiger partial charge < -0.3 is 10.5 Å². The molecule has 0 aromatic heterocycles. The molecule has 10 heteroatoms. The van der Waals surface area contributed by atoms with E-state index in [1.54, 1.807) is 0 Å². The van der Waals surface area contributed by atoms with E-state index in [2.05, 4.69) is 0 Å². The van der Waals surface area contributed by atoms with Crippen LogP contribution < -0.4 is 11.1 Å². The number of primary amides is 1. The summed E-state index contributed by atoms with van der Waals surface area (Å²) in [6.07, 6.45) is 1.42. The molecule has 1 aliphatic rings. The second kappa shape index (κ2) is 8.96. The third kappa shape index (κ3) is 5.76. The van der Waals surface area contributed by atoms with Crippen LogP contribution in [0.3, 0.4) is 0 Å². The summed E-state index contributed by atoms with van der Waals surface area (Å²) in [5.74, 6) is -1.51. The molecule has 0 radical (unpaired) electrons. The number of carbonyl (C=O) groups is 3. The van der Waals surface area contributed by atoms with Gasteiger partial charge in [-0.25, -0.2) is 13.2 Å². The molecule has 148 valence electrons. The van der Waals surface area contributed by atoms with E-state index in [-0.39, 0.29) is 11.3 Å². The Balaban J connectivity index is 1.96. The van der Waals surface area contributed by atoms with Crippen molar-refractivity contribution in [1.29, 1.82) is 0 Å². The van der Waals surface area contributed by atoms with Crippen LogP contribution in [0.2, 0.25) is 0 Å². The van der Waals surface area contributed by atoms with Crippen LogP contribution in [-0.4, -0.2) is 49.8 Å². The monoisotopic (exact) mass is 397 g/mol. The lowest BCUT2D eigenvalue weighted by Gasteiger charge is -2.25. The fourth-order valence-electron chi connectivity index (χ4n) is 2.72. The molecule has 1 saturated heterocycles. The molecule has 0 unspecified atom stereocenters. The second-order valence-electron chi connectivity index (χ2n) is 6.27. The lowest BCUT2D eigenvalue weighted by Crippen LogP contribution is -2.42. The van der Waals surface area contributed by atoms with Gasteiger partial charge in [-0.2, -0.15) is 4.31 Å². The highest BCUT2D eigenvalue weighted by Gasteiger charge is 2.26. The van der Waals surface area contributed by atoms with Crippen LogP contribution >= 0.6 is 0 Å². The van der Waals surface area contributed by atoms with Gasteiger partial charge in [0, 0.05) is 13.1 Å². The van der Waals surface area contributed by atoms with Crippen molar-refractivity contribution in [2.75, 3.05) is 13.1 Å². The van der Waals surface area contributed by atoms with Crippen LogP contribution in [0.1, 0.15) is 31.7 Å². The van der Waals surface area contributed by atoms with Gasteiger partial charge in [0.1, 0.15) is 0 Å². The van der Waals surface area contributed by atoms with Gasteiger partial charge in [0.2, 0.25) is 10.0 Å². The molecule has 1 atom stereocenters. The first kappa shape index (κ1) is 20.8. The summed E-state index contributed by atoms with van der Waals surface area (Å²) in [6, 6.07) is 4.94. The van der Waals surface area contributed by atoms with Gasteiger partial charge in [-0.05, 0) is 37.5 Å². The Bertz CT molecular complexity index is 800. The molecule has 1 aromatic carbocycles. The maximum absolute atomic E-state index is 12.6. The van der Waals surface area contributed by atoms with Crippen molar-refractivity contribution >= 4 is 27.9 Å². The number of esters is 1. The average molecular weight is 397 g/mol. The van der Waals surface area contributed by atoms with Gasteiger partial charge in [0.15, 0.2) is 6.10 Å². The number of benzene rings is 1. The minimum absolute atomic E-state index is 0.141. The number of ether oxygens (including phenoxy) is 1. The summed E-state index contributed by atoms with van der Waals surface area (Å²) in [7, 11) is -3.53. The molecule has 1 aromatic rings. The van der Waals surface area contributed by atoms with Gasteiger partial charge in [0.05, 0.1) is 11.3 Å².